The topological polar surface area (TPSA) is 66.5 Å². The van der Waals surface area contributed by atoms with Crippen LogP contribution in [0, 0.1) is 6.92 Å². The summed E-state index contributed by atoms with van der Waals surface area (Å²) in [4.78, 5) is 12.6. The fourth-order valence-electron chi connectivity index (χ4n) is 2.84. The Morgan fingerprint density at radius 3 is 2.38 bits per heavy atom. The molecule has 0 aliphatic heterocycles. The summed E-state index contributed by atoms with van der Waals surface area (Å²) in [6.45, 7) is 5.85. The van der Waals surface area contributed by atoms with Crippen molar-refractivity contribution in [3.8, 4) is 0 Å². The summed E-state index contributed by atoms with van der Waals surface area (Å²) < 4.78 is 26.8. The minimum Gasteiger partial charge on any atom is -0.350 e. The Morgan fingerprint density at radius 1 is 1.15 bits per heavy atom. The first-order valence-corrected chi connectivity index (χ1v) is 10.2. The fourth-order valence-corrected chi connectivity index (χ4v) is 4.12. The minimum absolute atomic E-state index is 0.105. The number of hydrogen-bond acceptors (Lipinski definition) is 3. The van der Waals surface area contributed by atoms with Crippen molar-refractivity contribution in [1.29, 1.82) is 0 Å². The van der Waals surface area contributed by atoms with Crippen LogP contribution >= 0.6 is 0 Å². The smallest absolute Gasteiger partial charge is 0.264 e. The standard InChI is InChI=1S/C20H26N2O3S/c1-5-9-16(3)21-20(23)17-12-13-19(15(2)14-17)22(4)26(24,25)18-10-7-6-8-11-18/h6-8,10-14,16H,5,9H2,1-4H3,(H,21,23)/t16-/m1/s1. The number of amides is 1. The van der Waals surface area contributed by atoms with Crippen LogP contribution in [0.2, 0.25) is 0 Å². The number of nitrogens with zero attached hydrogens (tertiary/aromatic N) is 1. The summed E-state index contributed by atoms with van der Waals surface area (Å²) >= 11 is 0. The Labute approximate surface area is 156 Å². The molecule has 0 aromatic heterocycles. The molecular weight excluding hydrogens is 348 g/mol. The Bertz CT molecular complexity index is 864. The summed E-state index contributed by atoms with van der Waals surface area (Å²) in [5.41, 5.74) is 1.80. The van der Waals surface area contributed by atoms with Crippen molar-refractivity contribution in [3.05, 3.63) is 59.7 Å². The van der Waals surface area contributed by atoms with Crippen molar-refractivity contribution in [3.63, 3.8) is 0 Å². The molecule has 140 valence electrons. The lowest BCUT2D eigenvalue weighted by Gasteiger charge is -2.22. The van der Waals surface area contributed by atoms with Crippen LogP contribution in [0.4, 0.5) is 5.69 Å². The second kappa shape index (κ2) is 8.36. The van der Waals surface area contributed by atoms with E-state index in [9.17, 15) is 13.2 Å². The van der Waals surface area contributed by atoms with Gasteiger partial charge in [0, 0.05) is 18.7 Å². The molecule has 26 heavy (non-hydrogen) atoms. The number of nitrogens with one attached hydrogen (secondary N) is 1. The number of rotatable bonds is 7. The third kappa shape index (κ3) is 4.43. The number of carbonyl (C=O) groups excluding carboxylic acids is 1. The molecule has 2 aromatic rings. The number of sulfonamides is 1. The van der Waals surface area contributed by atoms with E-state index in [0.29, 0.717) is 11.3 Å². The van der Waals surface area contributed by atoms with Crippen LogP contribution in [0.25, 0.3) is 0 Å². The molecule has 5 nitrogen and oxygen atoms in total. The van der Waals surface area contributed by atoms with Gasteiger partial charge < -0.3 is 5.32 Å². The molecule has 2 rings (SSSR count). The van der Waals surface area contributed by atoms with E-state index in [2.05, 4.69) is 12.2 Å². The van der Waals surface area contributed by atoms with Crippen LogP contribution in [0.1, 0.15) is 42.6 Å². The highest BCUT2D eigenvalue weighted by Gasteiger charge is 2.22. The molecule has 0 bridgehead atoms. The molecule has 0 aliphatic rings. The molecule has 0 heterocycles. The number of benzene rings is 2. The highest BCUT2D eigenvalue weighted by Crippen LogP contribution is 2.26. The summed E-state index contributed by atoms with van der Waals surface area (Å²) in [6.07, 6.45) is 1.92. The van der Waals surface area contributed by atoms with E-state index in [0.717, 1.165) is 18.4 Å². The number of carbonyl (C=O) groups is 1. The van der Waals surface area contributed by atoms with Crippen LogP contribution in [-0.4, -0.2) is 27.4 Å². The fraction of sp³-hybridized carbons (Fsp3) is 0.350. The van der Waals surface area contributed by atoms with E-state index in [1.807, 2.05) is 6.92 Å². The number of hydrogen-bond donors (Lipinski definition) is 1. The first-order valence-electron chi connectivity index (χ1n) is 8.73. The van der Waals surface area contributed by atoms with Crippen LogP contribution in [0.15, 0.2) is 53.4 Å². The minimum atomic E-state index is -3.64. The summed E-state index contributed by atoms with van der Waals surface area (Å²) in [7, 11) is -2.12. The van der Waals surface area contributed by atoms with Gasteiger partial charge in [-0.15, -0.1) is 0 Å². The van der Waals surface area contributed by atoms with E-state index in [1.165, 1.54) is 11.4 Å². The second-order valence-corrected chi connectivity index (χ2v) is 8.42. The van der Waals surface area contributed by atoms with Crippen molar-refractivity contribution in [2.75, 3.05) is 11.4 Å². The van der Waals surface area contributed by atoms with E-state index in [-0.39, 0.29) is 16.8 Å². The Hall–Kier alpha value is -2.34. The van der Waals surface area contributed by atoms with Crippen molar-refractivity contribution < 1.29 is 13.2 Å². The molecule has 0 spiro atoms. The molecule has 0 saturated carbocycles. The third-order valence-corrected chi connectivity index (χ3v) is 6.08. The quantitative estimate of drug-likeness (QED) is 0.803. The SMILES string of the molecule is CCC[C@@H](C)NC(=O)c1ccc(N(C)S(=O)(=O)c2ccccc2)c(C)c1. The van der Waals surface area contributed by atoms with Gasteiger partial charge in [0.1, 0.15) is 0 Å². The highest BCUT2D eigenvalue weighted by molar-refractivity contribution is 7.92. The van der Waals surface area contributed by atoms with Crippen LogP contribution < -0.4 is 9.62 Å². The van der Waals surface area contributed by atoms with E-state index < -0.39 is 10.0 Å². The molecule has 0 saturated heterocycles. The maximum atomic E-state index is 12.8. The molecule has 1 N–H and O–H groups in total. The van der Waals surface area contributed by atoms with Gasteiger partial charge in [-0.25, -0.2) is 8.42 Å². The molecule has 0 radical (unpaired) electrons. The molecule has 6 heteroatoms. The van der Waals surface area contributed by atoms with E-state index in [1.54, 1.807) is 55.5 Å². The Balaban J connectivity index is 2.25. The predicted molar refractivity (Wildman–Crippen MR) is 105 cm³/mol. The van der Waals surface area contributed by atoms with Gasteiger partial charge in [0.15, 0.2) is 0 Å². The largest absolute Gasteiger partial charge is 0.350 e. The lowest BCUT2D eigenvalue weighted by molar-refractivity contribution is 0.0938. The first kappa shape index (κ1) is 20.0. The Morgan fingerprint density at radius 2 is 1.81 bits per heavy atom. The molecule has 1 atom stereocenters. The number of anilines is 1. The molecule has 0 fully saturated rings. The molecule has 0 unspecified atom stereocenters. The normalized spacial score (nSPS) is 12.5. The average molecular weight is 375 g/mol. The maximum absolute atomic E-state index is 12.8. The number of aryl methyl sites for hydroxylation is 1. The zero-order valence-electron chi connectivity index (χ0n) is 15.7. The van der Waals surface area contributed by atoms with Gasteiger partial charge >= 0.3 is 0 Å². The molecule has 2 aromatic carbocycles. The van der Waals surface area contributed by atoms with E-state index >= 15 is 0 Å². The van der Waals surface area contributed by atoms with Gasteiger partial charge in [-0.3, -0.25) is 9.10 Å². The highest BCUT2D eigenvalue weighted by atomic mass is 32.2. The predicted octanol–water partition coefficient (Wildman–Crippen LogP) is 3.74. The van der Waals surface area contributed by atoms with Gasteiger partial charge in [0.25, 0.3) is 15.9 Å². The van der Waals surface area contributed by atoms with Gasteiger partial charge in [0.2, 0.25) is 0 Å². The van der Waals surface area contributed by atoms with Gasteiger partial charge in [0.05, 0.1) is 10.6 Å². The lowest BCUT2D eigenvalue weighted by atomic mass is 10.1. The molecular formula is C20H26N2O3S. The maximum Gasteiger partial charge on any atom is 0.264 e. The van der Waals surface area contributed by atoms with Crippen molar-refractivity contribution in [2.45, 2.75) is 44.6 Å². The summed E-state index contributed by atoms with van der Waals surface area (Å²) in [5, 5.41) is 2.96. The zero-order valence-corrected chi connectivity index (χ0v) is 16.5. The average Bonchev–Trinajstić information content (AvgIpc) is 2.62. The van der Waals surface area contributed by atoms with Gasteiger partial charge in [-0.1, -0.05) is 31.5 Å². The van der Waals surface area contributed by atoms with Gasteiger partial charge in [-0.05, 0) is 56.2 Å². The van der Waals surface area contributed by atoms with Crippen molar-refractivity contribution >= 4 is 21.6 Å². The lowest BCUT2D eigenvalue weighted by Crippen LogP contribution is -2.32. The summed E-state index contributed by atoms with van der Waals surface area (Å²) in [6, 6.07) is 13.5. The van der Waals surface area contributed by atoms with Crippen molar-refractivity contribution in [1.82, 2.24) is 5.32 Å². The first-order chi connectivity index (χ1) is 12.3. The third-order valence-electron chi connectivity index (χ3n) is 4.30. The monoisotopic (exact) mass is 374 g/mol. The summed E-state index contributed by atoms with van der Waals surface area (Å²) in [5.74, 6) is -0.144. The zero-order chi connectivity index (χ0) is 19.3. The Kier molecular flexibility index (Phi) is 6.42. The second-order valence-electron chi connectivity index (χ2n) is 6.45. The van der Waals surface area contributed by atoms with E-state index in [4.69, 9.17) is 0 Å². The van der Waals surface area contributed by atoms with Crippen LogP contribution in [0.3, 0.4) is 0 Å². The van der Waals surface area contributed by atoms with Crippen LogP contribution in [0.5, 0.6) is 0 Å². The van der Waals surface area contributed by atoms with Crippen LogP contribution in [-0.2, 0) is 10.0 Å². The molecule has 1 amide bonds. The van der Waals surface area contributed by atoms with Gasteiger partial charge in [-0.2, -0.15) is 0 Å². The van der Waals surface area contributed by atoms with Crippen molar-refractivity contribution in [2.24, 2.45) is 0 Å². The molecule has 0 aliphatic carbocycles.